The van der Waals surface area contributed by atoms with E-state index in [0.29, 0.717) is 5.56 Å². The van der Waals surface area contributed by atoms with Gasteiger partial charge in [-0.05, 0) is 48.4 Å². The van der Waals surface area contributed by atoms with E-state index >= 15 is 0 Å². The number of rotatable bonds is 3. The van der Waals surface area contributed by atoms with Crippen LogP contribution in [0.5, 0.6) is 0 Å². The highest BCUT2D eigenvalue weighted by Crippen LogP contribution is 2.28. The lowest BCUT2D eigenvalue weighted by Crippen LogP contribution is -2.24. The molecule has 0 saturated carbocycles. The van der Waals surface area contributed by atoms with E-state index in [-0.39, 0.29) is 12.2 Å². The summed E-state index contributed by atoms with van der Waals surface area (Å²) >= 11 is 6.67. The molecule has 100 valence electrons. The van der Waals surface area contributed by atoms with Crippen LogP contribution in [-0.2, 0) is 12.0 Å². The summed E-state index contributed by atoms with van der Waals surface area (Å²) in [5, 5.41) is 10.5. The minimum Gasteiger partial charge on any atom is -0.385 e. The van der Waals surface area contributed by atoms with Crippen LogP contribution in [0.1, 0.15) is 18.1 Å². The highest BCUT2D eigenvalue weighted by molar-refractivity contribution is 9.10. The van der Waals surface area contributed by atoms with Crippen LogP contribution < -0.4 is 0 Å². The number of aliphatic hydroxyl groups is 1. The normalized spacial score (nSPS) is 14.2. The summed E-state index contributed by atoms with van der Waals surface area (Å²) in [5.41, 5.74) is 0.139. The van der Waals surface area contributed by atoms with Crippen LogP contribution in [0.2, 0.25) is 0 Å². The molecule has 0 aliphatic carbocycles. The molecule has 1 nitrogen and oxygen atoms in total. The fourth-order valence-electron chi connectivity index (χ4n) is 1.96. The zero-order valence-corrected chi connectivity index (χ0v) is 13.5. The van der Waals surface area contributed by atoms with Gasteiger partial charge in [0.05, 0.1) is 5.60 Å². The molecule has 19 heavy (non-hydrogen) atoms. The second-order valence-electron chi connectivity index (χ2n) is 4.69. The Morgan fingerprint density at radius 3 is 2.26 bits per heavy atom. The first-order valence-corrected chi connectivity index (χ1v) is 7.39. The first-order chi connectivity index (χ1) is 8.88. The molecule has 0 fully saturated rings. The molecule has 4 heteroatoms. The van der Waals surface area contributed by atoms with Crippen LogP contribution in [0.15, 0.2) is 51.4 Å². The summed E-state index contributed by atoms with van der Waals surface area (Å²) in [4.78, 5) is 0. The monoisotopic (exact) mass is 386 g/mol. The van der Waals surface area contributed by atoms with Gasteiger partial charge in [-0.1, -0.05) is 44.0 Å². The van der Waals surface area contributed by atoms with Gasteiger partial charge in [-0.3, -0.25) is 0 Å². The average molecular weight is 388 g/mol. The lowest BCUT2D eigenvalue weighted by Gasteiger charge is -2.24. The van der Waals surface area contributed by atoms with Crippen molar-refractivity contribution in [1.29, 1.82) is 0 Å². The lowest BCUT2D eigenvalue weighted by molar-refractivity contribution is 0.0567. The van der Waals surface area contributed by atoms with E-state index in [1.54, 1.807) is 19.1 Å². The highest BCUT2D eigenvalue weighted by atomic mass is 79.9. The first-order valence-electron chi connectivity index (χ1n) is 5.81. The van der Waals surface area contributed by atoms with Crippen LogP contribution in [0, 0.1) is 5.82 Å². The molecule has 0 aliphatic heterocycles. The molecule has 0 amide bonds. The molecule has 0 aromatic heterocycles. The fourth-order valence-corrected chi connectivity index (χ4v) is 2.63. The van der Waals surface area contributed by atoms with Gasteiger partial charge in [0.25, 0.3) is 0 Å². The van der Waals surface area contributed by atoms with Crippen molar-refractivity contribution in [3.63, 3.8) is 0 Å². The van der Waals surface area contributed by atoms with Crippen molar-refractivity contribution in [3.8, 4) is 0 Å². The van der Waals surface area contributed by atoms with Crippen molar-refractivity contribution in [2.75, 3.05) is 0 Å². The van der Waals surface area contributed by atoms with E-state index in [0.717, 1.165) is 14.5 Å². The molecule has 0 saturated heterocycles. The zero-order valence-electron chi connectivity index (χ0n) is 10.3. The largest absolute Gasteiger partial charge is 0.385 e. The molecular formula is C15H13Br2FO. The molecule has 1 atom stereocenters. The van der Waals surface area contributed by atoms with Crippen molar-refractivity contribution < 1.29 is 9.50 Å². The van der Waals surface area contributed by atoms with Gasteiger partial charge in [-0.2, -0.15) is 0 Å². The van der Waals surface area contributed by atoms with Crippen LogP contribution in [0.25, 0.3) is 0 Å². The Hall–Kier alpha value is -0.710. The SMILES string of the molecule is CC(O)(Cc1cc(Br)ccc1F)c1ccc(Br)cc1. The third kappa shape index (κ3) is 3.65. The minimum absolute atomic E-state index is 0.222. The second-order valence-corrected chi connectivity index (χ2v) is 6.52. The van der Waals surface area contributed by atoms with Crippen LogP contribution in [0.4, 0.5) is 4.39 Å². The van der Waals surface area contributed by atoms with Gasteiger partial charge in [-0.15, -0.1) is 0 Å². The van der Waals surface area contributed by atoms with E-state index in [4.69, 9.17) is 0 Å². The molecule has 0 heterocycles. The topological polar surface area (TPSA) is 20.2 Å². The smallest absolute Gasteiger partial charge is 0.126 e. The average Bonchev–Trinajstić information content (AvgIpc) is 2.34. The third-order valence-electron chi connectivity index (χ3n) is 3.01. The van der Waals surface area contributed by atoms with Gasteiger partial charge in [0, 0.05) is 15.4 Å². The number of benzene rings is 2. The standard InChI is InChI=1S/C15H13Br2FO/c1-15(19,11-2-4-12(16)5-3-11)9-10-8-13(17)6-7-14(10)18/h2-8,19H,9H2,1H3. The highest BCUT2D eigenvalue weighted by Gasteiger charge is 2.25. The van der Waals surface area contributed by atoms with Crippen molar-refractivity contribution >= 4 is 31.9 Å². The summed E-state index contributed by atoms with van der Waals surface area (Å²) in [6, 6.07) is 12.1. The van der Waals surface area contributed by atoms with E-state index in [2.05, 4.69) is 31.9 Å². The molecule has 1 N–H and O–H groups in total. The van der Waals surface area contributed by atoms with Crippen molar-refractivity contribution in [1.82, 2.24) is 0 Å². The van der Waals surface area contributed by atoms with E-state index < -0.39 is 5.60 Å². The van der Waals surface area contributed by atoms with Crippen LogP contribution in [-0.4, -0.2) is 5.11 Å². The molecule has 2 aromatic carbocycles. The Bertz CT molecular complexity index is 579. The Morgan fingerprint density at radius 1 is 1.05 bits per heavy atom. The van der Waals surface area contributed by atoms with Gasteiger partial charge < -0.3 is 5.11 Å². The molecule has 2 aromatic rings. The maximum atomic E-state index is 13.7. The molecule has 0 radical (unpaired) electrons. The van der Waals surface area contributed by atoms with Crippen molar-refractivity contribution in [2.24, 2.45) is 0 Å². The van der Waals surface area contributed by atoms with Crippen molar-refractivity contribution in [2.45, 2.75) is 18.9 Å². The summed E-state index contributed by atoms with van der Waals surface area (Å²) < 4.78 is 15.5. The van der Waals surface area contributed by atoms with E-state index in [1.165, 1.54) is 6.07 Å². The quantitative estimate of drug-likeness (QED) is 0.801. The van der Waals surface area contributed by atoms with Crippen LogP contribution >= 0.6 is 31.9 Å². The second kappa shape index (κ2) is 5.73. The van der Waals surface area contributed by atoms with Gasteiger partial charge in [0.15, 0.2) is 0 Å². The van der Waals surface area contributed by atoms with Crippen LogP contribution in [0.3, 0.4) is 0 Å². The van der Waals surface area contributed by atoms with Gasteiger partial charge >= 0.3 is 0 Å². The van der Waals surface area contributed by atoms with Gasteiger partial charge in [0.2, 0.25) is 0 Å². The molecule has 2 rings (SSSR count). The van der Waals surface area contributed by atoms with Gasteiger partial charge in [-0.25, -0.2) is 4.39 Å². The summed E-state index contributed by atoms with van der Waals surface area (Å²) in [6.07, 6.45) is 0.222. The van der Waals surface area contributed by atoms with E-state index in [1.807, 2.05) is 24.3 Å². The zero-order chi connectivity index (χ0) is 14.0. The van der Waals surface area contributed by atoms with Gasteiger partial charge in [0.1, 0.15) is 5.82 Å². The lowest BCUT2D eigenvalue weighted by atomic mass is 9.89. The fraction of sp³-hybridized carbons (Fsp3) is 0.200. The maximum Gasteiger partial charge on any atom is 0.126 e. The predicted molar refractivity (Wildman–Crippen MR) is 81.5 cm³/mol. The molecular weight excluding hydrogens is 375 g/mol. The number of halogens is 3. The Kier molecular flexibility index (Phi) is 4.43. The maximum absolute atomic E-state index is 13.7. The molecule has 0 spiro atoms. The summed E-state index contributed by atoms with van der Waals surface area (Å²) in [6.45, 7) is 1.69. The Morgan fingerprint density at radius 2 is 1.63 bits per heavy atom. The Labute approximate surface area is 128 Å². The minimum atomic E-state index is -1.11. The molecule has 1 unspecified atom stereocenters. The Balaban J connectivity index is 2.30. The molecule has 0 aliphatic rings. The predicted octanol–water partition coefficient (Wildman–Crippen LogP) is 4.80. The first kappa shape index (κ1) is 14.7. The summed E-state index contributed by atoms with van der Waals surface area (Å²) in [5.74, 6) is -0.305. The third-order valence-corrected chi connectivity index (χ3v) is 4.03. The van der Waals surface area contributed by atoms with E-state index in [9.17, 15) is 9.50 Å². The number of hydrogen-bond acceptors (Lipinski definition) is 1. The number of hydrogen-bond donors (Lipinski definition) is 1. The molecule has 0 bridgehead atoms. The summed E-state index contributed by atoms with van der Waals surface area (Å²) in [7, 11) is 0. The van der Waals surface area contributed by atoms with Crippen molar-refractivity contribution in [3.05, 3.63) is 68.4 Å².